The molecule has 1 amide bonds. The van der Waals surface area contributed by atoms with Crippen molar-refractivity contribution < 1.29 is 33.7 Å². The number of amides is 1. The second-order valence-corrected chi connectivity index (χ2v) is 8.25. The van der Waals surface area contributed by atoms with Crippen molar-refractivity contribution in [1.29, 1.82) is 0 Å². The van der Waals surface area contributed by atoms with Gasteiger partial charge in [0.15, 0.2) is 11.5 Å². The maximum atomic E-state index is 13.2. The summed E-state index contributed by atoms with van der Waals surface area (Å²) in [6, 6.07) is 7.88. The van der Waals surface area contributed by atoms with Crippen LogP contribution in [0.1, 0.15) is 22.9 Å². The van der Waals surface area contributed by atoms with Crippen LogP contribution in [0.4, 0.5) is 5.69 Å². The number of aromatic hydroxyl groups is 1. The molecule has 0 aliphatic carbocycles. The first-order chi connectivity index (χ1) is 16.2. The number of ketones is 1. The van der Waals surface area contributed by atoms with Crippen molar-refractivity contribution in [2.24, 2.45) is 0 Å². The Bertz CT molecular complexity index is 1330. The zero-order valence-electron chi connectivity index (χ0n) is 18.3. The fourth-order valence-electron chi connectivity index (χ4n) is 3.92. The van der Waals surface area contributed by atoms with Crippen molar-refractivity contribution in [3.63, 3.8) is 0 Å². The number of furan rings is 1. The molecule has 2 N–H and O–H groups in total. The van der Waals surface area contributed by atoms with Crippen molar-refractivity contribution in [3.05, 3.63) is 75.2 Å². The van der Waals surface area contributed by atoms with Gasteiger partial charge in [-0.1, -0.05) is 29.3 Å². The van der Waals surface area contributed by atoms with Gasteiger partial charge < -0.3 is 24.1 Å². The molecule has 1 saturated heterocycles. The average molecular weight is 504 g/mol. The lowest BCUT2D eigenvalue weighted by Crippen LogP contribution is -2.29. The van der Waals surface area contributed by atoms with Crippen molar-refractivity contribution in [3.8, 4) is 17.2 Å². The van der Waals surface area contributed by atoms with E-state index < -0.39 is 23.5 Å². The molecule has 34 heavy (non-hydrogen) atoms. The van der Waals surface area contributed by atoms with Gasteiger partial charge in [0.05, 0.1) is 42.3 Å². The van der Waals surface area contributed by atoms with Gasteiger partial charge in [-0.05, 0) is 42.8 Å². The molecule has 1 aromatic heterocycles. The number of carbonyl (C=O) groups is 2. The molecule has 1 atom stereocenters. The predicted octanol–water partition coefficient (Wildman–Crippen LogP) is 5.24. The second-order valence-electron chi connectivity index (χ2n) is 7.46. The molecule has 4 rings (SSSR count). The third-order valence-corrected chi connectivity index (χ3v) is 6.07. The summed E-state index contributed by atoms with van der Waals surface area (Å²) in [5.41, 5.74) is 0.501. The zero-order chi connectivity index (χ0) is 24.7. The molecule has 0 saturated carbocycles. The highest BCUT2D eigenvalue weighted by molar-refractivity contribution is 6.52. The standard InChI is InChI=1S/C24H19Cl2NO7/c1-11-6-7-15(28)14(9-11)27-19(16-5-4-8-34-16)17(21(30)24(27)31)20(29)12-10-13(25)23(33-3)18(26)22(12)32-2/h4-10,19,28-29H,1-3H3/b20-17-. The number of aliphatic hydroxyl groups excluding tert-OH is 1. The van der Waals surface area contributed by atoms with Crippen LogP contribution in [0, 0.1) is 6.92 Å². The van der Waals surface area contributed by atoms with Crippen molar-refractivity contribution in [1.82, 2.24) is 0 Å². The van der Waals surface area contributed by atoms with Gasteiger partial charge >= 0.3 is 0 Å². The average Bonchev–Trinajstić information content (AvgIpc) is 3.42. The zero-order valence-corrected chi connectivity index (χ0v) is 19.8. The Hall–Kier alpha value is -3.62. The van der Waals surface area contributed by atoms with Crippen molar-refractivity contribution in [2.45, 2.75) is 13.0 Å². The van der Waals surface area contributed by atoms with Crippen LogP contribution in [0.25, 0.3) is 5.76 Å². The van der Waals surface area contributed by atoms with E-state index in [-0.39, 0.29) is 49.9 Å². The molecular weight excluding hydrogens is 485 g/mol. The van der Waals surface area contributed by atoms with Gasteiger partial charge in [-0.2, -0.15) is 0 Å². The van der Waals surface area contributed by atoms with E-state index in [0.29, 0.717) is 0 Å². The number of Topliss-reactive ketones (excluding diaryl/α,β-unsaturated/α-hetero) is 1. The number of carbonyl (C=O) groups excluding carboxylic acids is 2. The minimum Gasteiger partial charge on any atom is -0.507 e. The summed E-state index contributed by atoms with van der Waals surface area (Å²) in [5, 5.41) is 21.8. The minimum absolute atomic E-state index is 0.0109. The third-order valence-electron chi connectivity index (χ3n) is 5.44. The van der Waals surface area contributed by atoms with Crippen molar-refractivity contribution in [2.75, 3.05) is 19.1 Å². The molecule has 0 spiro atoms. The Morgan fingerprint density at radius 2 is 1.79 bits per heavy atom. The predicted molar refractivity (Wildman–Crippen MR) is 126 cm³/mol. The number of ether oxygens (including phenoxy) is 2. The van der Waals surface area contributed by atoms with Gasteiger partial charge in [0.2, 0.25) is 0 Å². The van der Waals surface area contributed by atoms with E-state index >= 15 is 0 Å². The number of aryl methyl sites for hydroxylation is 1. The number of hydrogen-bond acceptors (Lipinski definition) is 7. The second kappa shape index (κ2) is 8.96. The molecule has 0 radical (unpaired) electrons. The van der Waals surface area contributed by atoms with E-state index in [2.05, 4.69) is 0 Å². The summed E-state index contributed by atoms with van der Waals surface area (Å²) in [6.07, 6.45) is 1.37. The fourth-order valence-corrected chi connectivity index (χ4v) is 4.60. The number of benzene rings is 2. The summed E-state index contributed by atoms with van der Waals surface area (Å²) >= 11 is 12.6. The fraction of sp³-hybridized carbons (Fsp3) is 0.167. The highest BCUT2D eigenvalue weighted by Gasteiger charge is 2.49. The molecule has 1 aliphatic rings. The number of methoxy groups -OCH3 is 2. The highest BCUT2D eigenvalue weighted by atomic mass is 35.5. The summed E-state index contributed by atoms with van der Waals surface area (Å²) in [5.74, 6) is -2.48. The number of aliphatic hydroxyl groups is 1. The van der Waals surface area contributed by atoms with Crippen LogP contribution in [-0.2, 0) is 9.59 Å². The molecular formula is C24H19Cl2NO7. The molecule has 0 bridgehead atoms. The molecule has 2 aromatic carbocycles. The Morgan fingerprint density at radius 3 is 2.41 bits per heavy atom. The summed E-state index contributed by atoms with van der Waals surface area (Å²) in [6.45, 7) is 1.77. The molecule has 1 aliphatic heterocycles. The van der Waals surface area contributed by atoms with E-state index in [0.717, 1.165) is 10.5 Å². The lowest BCUT2D eigenvalue weighted by Gasteiger charge is -2.24. The topological polar surface area (TPSA) is 109 Å². The maximum absolute atomic E-state index is 13.2. The minimum atomic E-state index is -1.19. The summed E-state index contributed by atoms with van der Waals surface area (Å²) in [4.78, 5) is 27.5. The Labute approximate surface area is 204 Å². The lowest BCUT2D eigenvalue weighted by molar-refractivity contribution is -0.132. The van der Waals surface area contributed by atoms with Gasteiger partial charge in [0, 0.05) is 0 Å². The van der Waals surface area contributed by atoms with E-state index in [1.165, 1.54) is 32.6 Å². The Morgan fingerprint density at radius 1 is 1.09 bits per heavy atom. The Balaban J connectivity index is 2.02. The highest BCUT2D eigenvalue weighted by Crippen LogP contribution is 2.49. The number of rotatable bonds is 5. The molecule has 1 fully saturated rings. The number of hydrogen-bond donors (Lipinski definition) is 2. The molecule has 3 aromatic rings. The van der Waals surface area contributed by atoms with Crippen LogP contribution in [0.3, 0.4) is 0 Å². The summed E-state index contributed by atoms with van der Waals surface area (Å²) < 4.78 is 16.0. The monoisotopic (exact) mass is 503 g/mol. The number of halogens is 2. The first-order valence-electron chi connectivity index (χ1n) is 9.95. The van der Waals surface area contributed by atoms with Crippen LogP contribution in [0.15, 0.2) is 52.7 Å². The smallest absolute Gasteiger partial charge is 0.300 e. The van der Waals surface area contributed by atoms with E-state index in [1.807, 2.05) is 0 Å². The maximum Gasteiger partial charge on any atom is 0.300 e. The van der Waals surface area contributed by atoms with Crippen LogP contribution < -0.4 is 14.4 Å². The van der Waals surface area contributed by atoms with Crippen LogP contribution >= 0.6 is 23.2 Å². The normalized spacial score (nSPS) is 17.3. The van der Waals surface area contributed by atoms with Crippen LogP contribution in [0.5, 0.6) is 17.2 Å². The molecule has 10 heteroatoms. The molecule has 2 heterocycles. The van der Waals surface area contributed by atoms with Gasteiger partial charge in [-0.15, -0.1) is 0 Å². The number of nitrogens with zero attached hydrogens (tertiary/aromatic N) is 1. The van der Waals surface area contributed by atoms with Gasteiger partial charge in [-0.25, -0.2) is 0 Å². The van der Waals surface area contributed by atoms with Crippen molar-refractivity contribution >= 4 is 46.3 Å². The van der Waals surface area contributed by atoms with Gasteiger partial charge in [0.1, 0.15) is 28.3 Å². The Kier molecular flexibility index (Phi) is 6.20. The summed E-state index contributed by atoms with van der Waals surface area (Å²) in [7, 11) is 2.68. The quantitative estimate of drug-likeness (QED) is 0.278. The van der Waals surface area contributed by atoms with Crippen LogP contribution in [0.2, 0.25) is 10.0 Å². The third kappa shape index (κ3) is 3.65. The largest absolute Gasteiger partial charge is 0.507 e. The number of phenols is 1. The first kappa shape index (κ1) is 23.5. The number of anilines is 1. The first-order valence-corrected chi connectivity index (χ1v) is 10.7. The molecule has 176 valence electrons. The molecule has 8 nitrogen and oxygen atoms in total. The molecule has 1 unspecified atom stereocenters. The van der Waals surface area contributed by atoms with E-state index in [9.17, 15) is 19.8 Å². The SMILES string of the molecule is COc1c(Cl)cc(/C(O)=C2/C(=O)C(=O)N(c3cc(C)ccc3O)C2c2ccco2)c(OC)c1Cl. The lowest BCUT2D eigenvalue weighted by atomic mass is 9.98. The van der Waals surface area contributed by atoms with Gasteiger partial charge in [-0.3, -0.25) is 14.5 Å². The van der Waals surface area contributed by atoms with Crippen LogP contribution in [-0.4, -0.2) is 36.1 Å². The van der Waals surface area contributed by atoms with E-state index in [4.69, 9.17) is 37.1 Å². The number of phenolic OH excluding ortho intramolecular Hbond substituents is 1. The van der Waals surface area contributed by atoms with E-state index in [1.54, 1.807) is 31.2 Å². The van der Waals surface area contributed by atoms with Gasteiger partial charge in [0.25, 0.3) is 11.7 Å².